The number of hydrogen-bond donors (Lipinski definition) is 1. The highest BCUT2D eigenvalue weighted by Crippen LogP contribution is 2.38. The molecule has 2 aliphatic heterocycles. The Balaban J connectivity index is 1.22. The summed E-state index contributed by atoms with van der Waals surface area (Å²) in [6.07, 6.45) is 4.11. The number of morpholine rings is 1. The minimum Gasteiger partial charge on any atom is -0.478 e. The number of halogens is 2. The normalized spacial score (nSPS) is 15.7. The molecule has 0 saturated carbocycles. The zero-order chi connectivity index (χ0) is 37.1. The molecule has 7 rings (SSSR count). The molecular weight excluding hydrogens is 703 g/mol. The molecule has 5 aromatic rings. The summed E-state index contributed by atoms with van der Waals surface area (Å²) in [4.78, 5) is 56.0. The van der Waals surface area contributed by atoms with E-state index in [2.05, 4.69) is 15.5 Å². The van der Waals surface area contributed by atoms with Gasteiger partial charge < -0.3 is 19.6 Å². The van der Waals surface area contributed by atoms with E-state index in [1.165, 1.54) is 52.3 Å². The predicted octanol–water partition coefficient (Wildman–Crippen LogP) is 5.24. The van der Waals surface area contributed by atoms with Crippen LogP contribution in [0, 0.1) is 5.82 Å². The fourth-order valence-electron chi connectivity index (χ4n) is 6.77. The van der Waals surface area contributed by atoms with Gasteiger partial charge in [-0.1, -0.05) is 54.1 Å². The third kappa shape index (κ3) is 7.34. The van der Waals surface area contributed by atoms with Gasteiger partial charge in [-0.05, 0) is 87.1 Å². The lowest BCUT2D eigenvalue weighted by Crippen LogP contribution is -2.43. The van der Waals surface area contributed by atoms with Crippen molar-refractivity contribution in [2.45, 2.75) is 18.9 Å². The lowest BCUT2D eigenvalue weighted by atomic mass is 9.83. The fraction of sp³-hybridized carbons (Fsp3) is 0.205. The van der Waals surface area contributed by atoms with E-state index in [-0.39, 0.29) is 46.5 Å². The maximum atomic E-state index is 15.3. The van der Waals surface area contributed by atoms with Crippen LogP contribution in [0.15, 0.2) is 91.3 Å². The van der Waals surface area contributed by atoms with Crippen molar-refractivity contribution >= 4 is 41.2 Å². The summed E-state index contributed by atoms with van der Waals surface area (Å²) in [7, 11) is 0. The van der Waals surface area contributed by atoms with E-state index in [1.54, 1.807) is 29.2 Å². The molecule has 2 amide bonds. The van der Waals surface area contributed by atoms with Gasteiger partial charge in [0.15, 0.2) is 11.6 Å². The predicted molar refractivity (Wildman–Crippen MR) is 192 cm³/mol. The van der Waals surface area contributed by atoms with Gasteiger partial charge >= 0.3 is 5.97 Å². The first-order chi connectivity index (χ1) is 25.7. The Morgan fingerprint density at radius 3 is 2.36 bits per heavy atom. The average molecular weight is 735 g/mol. The molecule has 0 radical (unpaired) electrons. The molecule has 1 saturated heterocycles. The van der Waals surface area contributed by atoms with E-state index in [4.69, 9.17) is 16.3 Å². The number of amides is 2. The van der Waals surface area contributed by atoms with Crippen molar-refractivity contribution in [3.63, 3.8) is 0 Å². The molecule has 53 heavy (non-hydrogen) atoms. The lowest BCUT2D eigenvalue weighted by molar-refractivity contribution is -0.136. The van der Waals surface area contributed by atoms with Gasteiger partial charge in [-0.15, -0.1) is 5.10 Å². The first-order valence-corrected chi connectivity index (χ1v) is 17.2. The molecule has 4 aromatic carbocycles. The molecule has 0 bridgehead atoms. The number of rotatable bonds is 9. The molecule has 1 N–H and O–H groups in total. The number of nitrogens with zero attached hydrogens (tertiary/aromatic N) is 6. The van der Waals surface area contributed by atoms with Crippen LogP contribution in [0.25, 0.3) is 22.9 Å². The molecule has 0 aliphatic carbocycles. The van der Waals surface area contributed by atoms with Crippen LogP contribution in [-0.2, 0) is 27.2 Å². The van der Waals surface area contributed by atoms with E-state index >= 15 is 4.39 Å². The van der Waals surface area contributed by atoms with Crippen LogP contribution < -0.4 is 0 Å². The van der Waals surface area contributed by atoms with Crippen molar-refractivity contribution in [2.75, 3.05) is 32.8 Å². The quantitative estimate of drug-likeness (QED) is 0.201. The number of ether oxygens (including phenoxy) is 1. The summed E-state index contributed by atoms with van der Waals surface area (Å²) < 4.78 is 22.0. The maximum absolute atomic E-state index is 15.3. The van der Waals surface area contributed by atoms with Gasteiger partial charge in [-0.2, -0.15) is 4.68 Å². The van der Waals surface area contributed by atoms with Gasteiger partial charge in [-0.25, -0.2) is 9.18 Å². The third-order valence-corrected chi connectivity index (χ3v) is 9.72. The van der Waals surface area contributed by atoms with Crippen molar-refractivity contribution in [1.29, 1.82) is 0 Å². The molecule has 1 unspecified atom stereocenters. The van der Waals surface area contributed by atoms with Crippen molar-refractivity contribution in [3.05, 3.63) is 135 Å². The first-order valence-electron chi connectivity index (χ1n) is 16.8. The van der Waals surface area contributed by atoms with Crippen molar-refractivity contribution in [1.82, 2.24) is 30.0 Å². The second kappa shape index (κ2) is 15.3. The highest BCUT2D eigenvalue weighted by molar-refractivity contribution is 6.31. The standard InChI is InChI=1S/C39H32ClFN6O6/c40-32-13-14-33(47-23-42-43-44-47)31(36(32)41)12-15-35(49)46-17-16-29-28(25-8-10-26(11-9-25)38(50)45-18-20-53-21-19-45)2-1-3-30(29)37(46)34(48)22-24-4-6-27(7-5-24)39(51)52/h1-15,23,37H,16-22H2,(H,51,52)/b15-12+. The summed E-state index contributed by atoms with van der Waals surface area (Å²) >= 11 is 6.10. The van der Waals surface area contributed by atoms with Crippen LogP contribution in [0.3, 0.4) is 0 Å². The van der Waals surface area contributed by atoms with Gasteiger partial charge in [0.1, 0.15) is 12.4 Å². The Hall–Kier alpha value is -6.05. The first kappa shape index (κ1) is 35.4. The molecule has 12 nitrogen and oxygen atoms in total. The number of hydrogen-bond acceptors (Lipinski definition) is 8. The number of carboxylic acid groups (broad SMARTS) is 1. The summed E-state index contributed by atoms with van der Waals surface area (Å²) in [5.74, 6) is -2.75. The highest BCUT2D eigenvalue weighted by atomic mass is 35.5. The summed E-state index contributed by atoms with van der Waals surface area (Å²) in [5.41, 5.74) is 4.70. The van der Waals surface area contributed by atoms with Crippen molar-refractivity contribution in [3.8, 4) is 16.8 Å². The minimum absolute atomic E-state index is 0.0187. The Labute approximate surface area is 308 Å². The Morgan fingerprint density at radius 2 is 1.66 bits per heavy atom. The average Bonchev–Trinajstić information content (AvgIpc) is 3.73. The largest absolute Gasteiger partial charge is 0.478 e. The molecule has 1 aromatic heterocycles. The lowest BCUT2D eigenvalue weighted by Gasteiger charge is -2.37. The maximum Gasteiger partial charge on any atom is 0.335 e. The van der Waals surface area contributed by atoms with Gasteiger partial charge in [0.25, 0.3) is 5.91 Å². The molecule has 2 aliphatic rings. The molecule has 3 heterocycles. The molecule has 1 atom stereocenters. The molecule has 1 fully saturated rings. The second-order valence-corrected chi connectivity index (χ2v) is 13.0. The minimum atomic E-state index is -1.09. The Morgan fingerprint density at radius 1 is 0.925 bits per heavy atom. The number of benzene rings is 4. The van der Waals surface area contributed by atoms with Gasteiger partial charge in [-0.3, -0.25) is 14.4 Å². The number of fused-ring (bicyclic) bond motifs is 1. The van der Waals surface area contributed by atoms with E-state index in [9.17, 15) is 24.3 Å². The summed E-state index contributed by atoms with van der Waals surface area (Å²) in [6, 6.07) is 20.8. The number of carboxylic acids is 1. The zero-order valence-electron chi connectivity index (χ0n) is 28.2. The number of aromatic carboxylic acids is 1. The second-order valence-electron chi connectivity index (χ2n) is 12.6. The third-order valence-electron chi connectivity index (χ3n) is 9.43. The monoisotopic (exact) mass is 734 g/mol. The van der Waals surface area contributed by atoms with Crippen LogP contribution in [-0.4, -0.2) is 91.5 Å². The smallest absolute Gasteiger partial charge is 0.335 e. The van der Waals surface area contributed by atoms with Crippen molar-refractivity contribution in [2.24, 2.45) is 0 Å². The molecule has 14 heteroatoms. The number of tetrazole rings is 1. The number of Topliss-reactive ketones (excluding diaryl/α,β-unsaturated/α-hetero) is 1. The van der Waals surface area contributed by atoms with Crippen LogP contribution >= 0.6 is 11.6 Å². The number of carbonyl (C=O) groups is 4. The highest BCUT2D eigenvalue weighted by Gasteiger charge is 2.36. The van der Waals surface area contributed by atoms with Crippen LogP contribution in [0.5, 0.6) is 0 Å². The molecular formula is C39H32ClFN6O6. The van der Waals surface area contributed by atoms with Crippen LogP contribution in [0.4, 0.5) is 4.39 Å². The summed E-state index contributed by atoms with van der Waals surface area (Å²) in [5, 5.41) is 20.2. The van der Waals surface area contributed by atoms with Crippen LogP contribution in [0.1, 0.15) is 49.0 Å². The van der Waals surface area contributed by atoms with E-state index in [0.717, 1.165) is 16.7 Å². The Kier molecular flexibility index (Phi) is 10.2. The van der Waals surface area contributed by atoms with E-state index < -0.39 is 23.7 Å². The Bertz CT molecular complexity index is 2220. The van der Waals surface area contributed by atoms with Crippen molar-refractivity contribution < 1.29 is 33.4 Å². The number of ketones is 1. The van der Waals surface area contributed by atoms with E-state index in [0.29, 0.717) is 49.4 Å². The zero-order valence-corrected chi connectivity index (χ0v) is 28.9. The van der Waals surface area contributed by atoms with Crippen LogP contribution in [0.2, 0.25) is 5.02 Å². The number of carbonyl (C=O) groups excluding carboxylic acids is 3. The molecule has 0 spiro atoms. The van der Waals surface area contributed by atoms with E-state index in [1.807, 2.05) is 30.3 Å². The van der Waals surface area contributed by atoms with Gasteiger partial charge in [0.05, 0.1) is 29.5 Å². The molecule has 268 valence electrons. The van der Waals surface area contributed by atoms with Gasteiger partial charge in [0.2, 0.25) is 5.91 Å². The topological polar surface area (TPSA) is 148 Å². The van der Waals surface area contributed by atoms with Gasteiger partial charge in [0, 0.05) is 43.3 Å². The fourth-order valence-corrected chi connectivity index (χ4v) is 6.93. The number of aromatic nitrogens is 4. The SMILES string of the molecule is O=C(O)c1ccc(CC(=O)C2c3cccc(-c4ccc(C(=O)N5CCOCC5)cc4)c3CCN2C(=O)/C=C/c2c(-n3cnnn3)ccc(Cl)c2F)cc1. The summed E-state index contributed by atoms with van der Waals surface area (Å²) in [6.45, 7) is 2.24.